The Hall–Kier alpha value is -3.55. The van der Waals surface area contributed by atoms with E-state index in [1.54, 1.807) is 0 Å². The summed E-state index contributed by atoms with van der Waals surface area (Å²) in [7, 11) is 0. The number of guanidine groups is 1. The Morgan fingerprint density at radius 3 is 2.97 bits per heavy atom. The SMILES string of the molecule is NC(=O)C(CCOc1ccc2c(c1)CN1CC(=O)NC1=N2)C1CCc2ccccc2N1. The molecule has 160 valence electrons. The highest BCUT2D eigenvalue weighted by Gasteiger charge is 2.30. The average Bonchev–Trinajstić information content (AvgIpc) is 3.13. The molecule has 2 aromatic carbocycles. The van der Waals surface area contributed by atoms with Gasteiger partial charge in [-0.3, -0.25) is 14.9 Å². The Balaban J connectivity index is 1.21. The van der Waals surface area contributed by atoms with Gasteiger partial charge in [-0.2, -0.15) is 0 Å². The van der Waals surface area contributed by atoms with Crippen molar-refractivity contribution in [1.82, 2.24) is 10.2 Å². The van der Waals surface area contributed by atoms with Crippen molar-refractivity contribution in [3.8, 4) is 5.75 Å². The molecule has 0 radical (unpaired) electrons. The van der Waals surface area contributed by atoms with Crippen molar-refractivity contribution in [2.45, 2.75) is 31.8 Å². The van der Waals surface area contributed by atoms with E-state index in [4.69, 9.17) is 10.5 Å². The number of benzene rings is 2. The van der Waals surface area contributed by atoms with Gasteiger partial charge < -0.3 is 20.7 Å². The number of para-hydroxylation sites is 1. The number of rotatable bonds is 6. The number of nitrogens with two attached hydrogens (primary N) is 1. The van der Waals surface area contributed by atoms with Crippen LogP contribution in [0.15, 0.2) is 47.5 Å². The molecule has 0 spiro atoms. The van der Waals surface area contributed by atoms with Gasteiger partial charge in [0.15, 0.2) is 0 Å². The standard InChI is InChI=1S/C23H25N5O3/c24-22(30)17(20-7-5-14-3-1-2-4-18(14)25-20)9-10-31-16-6-8-19-15(11-16)12-28-13-21(29)27-23(28)26-19/h1-4,6,8,11,17,20,25H,5,7,9-10,12-13H2,(H2,24,30)(H,26,27,29). The van der Waals surface area contributed by atoms with E-state index in [0.29, 0.717) is 32.1 Å². The quantitative estimate of drug-likeness (QED) is 0.663. The Morgan fingerprint density at radius 2 is 2.10 bits per heavy atom. The molecule has 2 unspecified atom stereocenters. The van der Waals surface area contributed by atoms with E-state index >= 15 is 0 Å². The third-order valence-electron chi connectivity index (χ3n) is 6.16. The van der Waals surface area contributed by atoms with Gasteiger partial charge in [-0.1, -0.05) is 18.2 Å². The minimum Gasteiger partial charge on any atom is -0.494 e. The van der Waals surface area contributed by atoms with Crippen molar-refractivity contribution in [2.24, 2.45) is 16.6 Å². The Bertz CT molecular complexity index is 1070. The fourth-order valence-corrected chi connectivity index (χ4v) is 4.54. The van der Waals surface area contributed by atoms with Gasteiger partial charge in [0, 0.05) is 23.8 Å². The predicted molar refractivity (Wildman–Crippen MR) is 117 cm³/mol. The largest absolute Gasteiger partial charge is 0.494 e. The molecular weight excluding hydrogens is 394 g/mol. The maximum absolute atomic E-state index is 12.2. The van der Waals surface area contributed by atoms with Crippen LogP contribution in [-0.4, -0.2) is 41.9 Å². The van der Waals surface area contributed by atoms with Crippen molar-refractivity contribution >= 4 is 29.1 Å². The lowest BCUT2D eigenvalue weighted by Crippen LogP contribution is -2.41. The number of amides is 2. The van der Waals surface area contributed by atoms with Crippen LogP contribution in [0.3, 0.4) is 0 Å². The van der Waals surface area contributed by atoms with Gasteiger partial charge in [0.05, 0.1) is 18.2 Å². The number of carbonyl (C=O) groups excluding carboxylic acids is 2. The van der Waals surface area contributed by atoms with Crippen molar-refractivity contribution in [1.29, 1.82) is 0 Å². The Morgan fingerprint density at radius 1 is 1.23 bits per heavy atom. The number of carbonyl (C=O) groups is 2. The lowest BCUT2D eigenvalue weighted by atomic mass is 9.87. The van der Waals surface area contributed by atoms with Gasteiger partial charge in [-0.25, -0.2) is 4.99 Å². The van der Waals surface area contributed by atoms with Gasteiger partial charge >= 0.3 is 0 Å². The number of ether oxygens (including phenoxy) is 1. The molecule has 0 aliphatic carbocycles. The minimum absolute atomic E-state index is 0.00694. The first kappa shape index (κ1) is 19.4. The number of primary amides is 1. The fourth-order valence-electron chi connectivity index (χ4n) is 4.54. The second-order valence-corrected chi connectivity index (χ2v) is 8.22. The first-order valence-electron chi connectivity index (χ1n) is 10.6. The second kappa shape index (κ2) is 7.94. The Labute approximate surface area is 180 Å². The monoisotopic (exact) mass is 419 g/mol. The lowest BCUT2D eigenvalue weighted by molar-refractivity contribution is -0.122. The van der Waals surface area contributed by atoms with Crippen LogP contribution in [0.4, 0.5) is 11.4 Å². The summed E-state index contributed by atoms with van der Waals surface area (Å²) in [6.45, 7) is 1.32. The van der Waals surface area contributed by atoms with Gasteiger partial charge in [0.1, 0.15) is 12.3 Å². The van der Waals surface area contributed by atoms with Crippen LogP contribution in [0, 0.1) is 5.92 Å². The van der Waals surface area contributed by atoms with E-state index in [2.05, 4.69) is 21.7 Å². The highest BCUT2D eigenvalue weighted by Crippen LogP contribution is 2.31. The van der Waals surface area contributed by atoms with E-state index in [9.17, 15) is 9.59 Å². The molecule has 0 saturated carbocycles. The average molecular weight is 419 g/mol. The summed E-state index contributed by atoms with van der Waals surface area (Å²) < 4.78 is 5.96. The zero-order valence-corrected chi connectivity index (χ0v) is 17.1. The van der Waals surface area contributed by atoms with Gasteiger partial charge in [-0.15, -0.1) is 0 Å². The summed E-state index contributed by atoms with van der Waals surface area (Å²) >= 11 is 0. The van der Waals surface area contributed by atoms with Crippen LogP contribution >= 0.6 is 0 Å². The number of anilines is 1. The minimum atomic E-state index is -0.306. The molecule has 1 saturated heterocycles. The molecule has 4 N–H and O–H groups in total. The number of fused-ring (bicyclic) bond motifs is 3. The summed E-state index contributed by atoms with van der Waals surface area (Å²) in [5, 5.41) is 6.24. The zero-order chi connectivity index (χ0) is 21.4. The van der Waals surface area contributed by atoms with Gasteiger partial charge in [0.25, 0.3) is 0 Å². The molecule has 8 heteroatoms. The molecule has 5 rings (SSSR count). The fraction of sp³-hybridized carbons (Fsp3) is 0.348. The highest BCUT2D eigenvalue weighted by atomic mass is 16.5. The molecule has 31 heavy (non-hydrogen) atoms. The number of nitrogens with one attached hydrogen (secondary N) is 2. The second-order valence-electron chi connectivity index (χ2n) is 8.22. The highest BCUT2D eigenvalue weighted by molar-refractivity contribution is 6.05. The summed E-state index contributed by atoms with van der Waals surface area (Å²) in [4.78, 5) is 30.1. The first-order valence-corrected chi connectivity index (χ1v) is 10.6. The van der Waals surface area contributed by atoms with Crippen molar-refractivity contribution < 1.29 is 14.3 Å². The zero-order valence-electron chi connectivity index (χ0n) is 17.1. The summed E-state index contributed by atoms with van der Waals surface area (Å²) in [6.07, 6.45) is 2.34. The molecule has 3 heterocycles. The van der Waals surface area contributed by atoms with Crippen molar-refractivity contribution in [3.05, 3.63) is 53.6 Å². The molecule has 0 aromatic heterocycles. The molecule has 2 atom stereocenters. The van der Waals surface area contributed by atoms with Crippen molar-refractivity contribution in [2.75, 3.05) is 18.5 Å². The lowest BCUT2D eigenvalue weighted by Gasteiger charge is -2.31. The third kappa shape index (κ3) is 3.93. The number of aryl methyl sites for hydroxylation is 1. The third-order valence-corrected chi connectivity index (χ3v) is 6.16. The van der Waals surface area contributed by atoms with E-state index < -0.39 is 0 Å². The van der Waals surface area contributed by atoms with E-state index in [0.717, 1.165) is 35.5 Å². The van der Waals surface area contributed by atoms with E-state index in [1.807, 2.05) is 41.3 Å². The molecule has 2 aromatic rings. The maximum Gasteiger partial charge on any atom is 0.246 e. The molecule has 3 aliphatic heterocycles. The molecular formula is C23H25N5O3. The summed E-state index contributed by atoms with van der Waals surface area (Å²) in [6, 6.07) is 13.9. The van der Waals surface area contributed by atoms with Crippen LogP contribution in [-0.2, 0) is 22.6 Å². The molecule has 8 nitrogen and oxygen atoms in total. The molecule has 0 bridgehead atoms. The van der Waals surface area contributed by atoms with Crippen LogP contribution < -0.4 is 21.1 Å². The first-order chi connectivity index (χ1) is 15.1. The smallest absolute Gasteiger partial charge is 0.246 e. The molecule has 2 amide bonds. The number of nitrogens with zero attached hydrogens (tertiary/aromatic N) is 2. The topological polar surface area (TPSA) is 109 Å². The van der Waals surface area contributed by atoms with Crippen LogP contribution in [0.25, 0.3) is 0 Å². The number of aliphatic imine (C=N–C) groups is 1. The van der Waals surface area contributed by atoms with E-state index in [-0.39, 0.29) is 23.8 Å². The molecule has 1 fully saturated rings. The normalized spacial score (nSPS) is 19.9. The van der Waals surface area contributed by atoms with Gasteiger partial charge in [0.2, 0.25) is 17.8 Å². The van der Waals surface area contributed by atoms with E-state index in [1.165, 1.54) is 5.56 Å². The van der Waals surface area contributed by atoms with Gasteiger partial charge in [-0.05, 0) is 49.1 Å². The Kier molecular flexibility index (Phi) is 4.97. The molecule has 3 aliphatic rings. The van der Waals surface area contributed by atoms with Crippen LogP contribution in [0.1, 0.15) is 24.0 Å². The number of hydrogen-bond donors (Lipinski definition) is 3. The van der Waals surface area contributed by atoms with Crippen LogP contribution in [0.5, 0.6) is 5.75 Å². The summed E-state index contributed by atoms with van der Waals surface area (Å²) in [5.41, 5.74) is 9.92. The predicted octanol–water partition coefficient (Wildman–Crippen LogP) is 1.92. The van der Waals surface area contributed by atoms with Crippen LogP contribution in [0.2, 0.25) is 0 Å². The maximum atomic E-state index is 12.2. The number of hydrogen-bond acceptors (Lipinski definition) is 6. The van der Waals surface area contributed by atoms with Crippen molar-refractivity contribution in [3.63, 3.8) is 0 Å². The summed E-state index contributed by atoms with van der Waals surface area (Å²) in [5.74, 6) is 0.677.